The average Bonchev–Trinajstić information content (AvgIpc) is 3.56. The van der Waals surface area contributed by atoms with Gasteiger partial charge < -0.3 is 0 Å². The van der Waals surface area contributed by atoms with Crippen LogP contribution in [0.15, 0.2) is 12.4 Å². The smallest absolute Gasteiger partial charge is 0.247 e. The average molecular weight is 644 g/mol. The predicted octanol–water partition coefficient (Wildman–Crippen LogP) is 15.7. The van der Waals surface area contributed by atoms with Gasteiger partial charge in [0.2, 0.25) is 0 Å². The summed E-state index contributed by atoms with van der Waals surface area (Å²) < 4.78 is 2.59. The van der Waals surface area contributed by atoms with Crippen LogP contribution in [0.2, 0.25) is 0 Å². The third-order valence-corrected chi connectivity index (χ3v) is 11.0. The Morgan fingerprint density at radius 3 is 1.07 bits per heavy atom. The van der Waals surface area contributed by atoms with Crippen molar-refractivity contribution in [3.8, 4) is 0 Å². The number of H-pyrrole nitrogens is 1. The third kappa shape index (κ3) is 25.3. The van der Waals surface area contributed by atoms with Gasteiger partial charge in [0.05, 0.1) is 12.0 Å². The van der Waals surface area contributed by atoms with E-state index in [1.165, 1.54) is 231 Å². The van der Waals surface area contributed by atoms with Crippen molar-refractivity contribution in [2.75, 3.05) is 0 Å². The second-order valence-electron chi connectivity index (χ2n) is 15.4. The molecule has 2 unspecified atom stereocenters. The zero-order chi connectivity index (χ0) is 33.2. The van der Waals surface area contributed by atoms with Gasteiger partial charge in [-0.2, -0.15) is 0 Å². The van der Waals surface area contributed by atoms with E-state index in [2.05, 4.69) is 49.6 Å². The number of aromatic amines is 1. The Bertz CT molecular complexity index is 709. The molecule has 0 bridgehead atoms. The van der Waals surface area contributed by atoms with Crippen molar-refractivity contribution in [3.63, 3.8) is 0 Å². The molecule has 0 saturated carbocycles. The fourth-order valence-electron chi connectivity index (χ4n) is 7.67. The second-order valence-corrected chi connectivity index (χ2v) is 15.4. The molecule has 0 fully saturated rings. The van der Waals surface area contributed by atoms with Crippen LogP contribution in [0.5, 0.6) is 0 Å². The summed E-state index contributed by atoms with van der Waals surface area (Å²) in [7, 11) is 0. The number of aromatic nitrogens is 2. The Morgan fingerprint density at radius 2 is 0.739 bits per heavy atom. The highest BCUT2D eigenvalue weighted by atomic mass is 15.1. The lowest BCUT2D eigenvalue weighted by Gasteiger charge is -2.16. The largest absolute Gasteiger partial charge is 0.257 e. The van der Waals surface area contributed by atoms with E-state index < -0.39 is 0 Å². The first-order chi connectivity index (χ1) is 22.7. The number of hydrogen-bond acceptors (Lipinski definition) is 0. The van der Waals surface area contributed by atoms with Crippen LogP contribution >= 0.6 is 0 Å². The first-order valence-corrected chi connectivity index (χ1v) is 21.8. The molecule has 2 heteroatoms. The number of hydrogen-bond donors (Lipinski definition) is 1. The van der Waals surface area contributed by atoms with Crippen molar-refractivity contribution in [1.82, 2.24) is 4.98 Å². The molecule has 46 heavy (non-hydrogen) atoms. The highest BCUT2D eigenvalue weighted by Crippen LogP contribution is 2.25. The molecule has 0 aliphatic rings. The molecule has 1 N–H and O–H groups in total. The molecular formula is C44H87N2+. The van der Waals surface area contributed by atoms with Crippen LogP contribution in [0.4, 0.5) is 0 Å². The standard InChI is InChI=1S/C44H86N2/c1-5-8-10-12-14-16-18-20-22-23-25-27-29-31-33-35-37-39-43(7-3)44-45-40-41-46(44)42(4)38-36-34-32-30-28-26-24-21-19-17-15-13-11-9-6-2/h40-43H,5-39H2,1-4H3/p+1. The van der Waals surface area contributed by atoms with Gasteiger partial charge in [-0.15, -0.1) is 0 Å². The molecule has 1 aromatic rings. The molecule has 272 valence electrons. The number of nitrogens with zero attached hydrogens (tertiary/aromatic N) is 1. The number of imidazole rings is 1. The van der Waals surface area contributed by atoms with Gasteiger partial charge in [0.15, 0.2) is 0 Å². The van der Waals surface area contributed by atoms with Gasteiger partial charge in [-0.05, 0) is 32.6 Å². The molecule has 0 spiro atoms. The predicted molar refractivity (Wildman–Crippen MR) is 207 cm³/mol. The molecule has 1 heterocycles. The maximum atomic E-state index is 3.66. The molecule has 0 aliphatic carbocycles. The summed E-state index contributed by atoms with van der Waals surface area (Å²) >= 11 is 0. The van der Waals surface area contributed by atoms with Crippen LogP contribution in [0.3, 0.4) is 0 Å². The minimum atomic E-state index is 0.618. The van der Waals surface area contributed by atoms with Gasteiger partial charge in [0.25, 0.3) is 5.82 Å². The van der Waals surface area contributed by atoms with E-state index in [0.29, 0.717) is 12.0 Å². The monoisotopic (exact) mass is 644 g/mol. The van der Waals surface area contributed by atoms with Crippen LogP contribution < -0.4 is 4.57 Å². The maximum absolute atomic E-state index is 3.66. The van der Waals surface area contributed by atoms with Crippen molar-refractivity contribution in [3.05, 3.63) is 18.2 Å². The molecule has 2 nitrogen and oxygen atoms in total. The van der Waals surface area contributed by atoms with E-state index in [1.54, 1.807) is 0 Å². The van der Waals surface area contributed by atoms with Crippen LogP contribution in [-0.2, 0) is 0 Å². The van der Waals surface area contributed by atoms with Crippen LogP contribution in [0.1, 0.15) is 270 Å². The van der Waals surface area contributed by atoms with Crippen molar-refractivity contribution in [2.45, 2.75) is 264 Å². The minimum absolute atomic E-state index is 0.618. The normalized spacial score (nSPS) is 13.0. The molecule has 1 aromatic heterocycles. The highest BCUT2D eigenvalue weighted by molar-refractivity contribution is 4.89. The number of nitrogens with one attached hydrogen (secondary N) is 1. The molecule has 0 amide bonds. The summed E-state index contributed by atoms with van der Waals surface area (Å²) in [4.78, 5) is 3.66. The summed E-state index contributed by atoms with van der Waals surface area (Å²) in [5.41, 5.74) is 0. The lowest BCUT2D eigenvalue weighted by atomic mass is 9.96. The molecule has 0 saturated heterocycles. The fourth-order valence-corrected chi connectivity index (χ4v) is 7.67. The van der Waals surface area contributed by atoms with E-state index >= 15 is 0 Å². The molecular weight excluding hydrogens is 556 g/mol. The zero-order valence-electron chi connectivity index (χ0n) is 32.5. The lowest BCUT2D eigenvalue weighted by molar-refractivity contribution is -0.727. The van der Waals surface area contributed by atoms with Gasteiger partial charge >= 0.3 is 0 Å². The van der Waals surface area contributed by atoms with Gasteiger partial charge in [-0.25, -0.2) is 9.55 Å². The SMILES string of the molecule is CCCCCCCCCCCCCCCCCCCC(CC)c1[nH]cc[n+]1C(C)CCCCCCCCCCCCCCCCC. The van der Waals surface area contributed by atoms with Crippen molar-refractivity contribution in [2.24, 2.45) is 0 Å². The van der Waals surface area contributed by atoms with Crippen molar-refractivity contribution >= 4 is 0 Å². The Morgan fingerprint density at radius 1 is 0.435 bits per heavy atom. The highest BCUT2D eigenvalue weighted by Gasteiger charge is 2.24. The van der Waals surface area contributed by atoms with E-state index in [9.17, 15) is 0 Å². The van der Waals surface area contributed by atoms with Crippen LogP contribution in [-0.4, -0.2) is 4.98 Å². The Labute approximate surface area is 291 Å². The summed E-state index contributed by atoms with van der Waals surface area (Å²) in [6.45, 7) is 9.46. The van der Waals surface area contributed by atoms with E-state index in [4.69, 9.17) is 0 Å². The Hall–Kier alpha value is -0.790. The van der Waals surface area contributed by atoms with E-state index in [1.807, 2.05) is 0 Å². The Balaban J connectivity index is 2.00. The van der Waals surface area contributed by atoms with Crippen LogP contribution in [0.25, 0.3) is 0 Å². The van der Waals surface area contributed by atoms with Crippen molar-refractivity contribution < 1.29 is 4.57 Å². The van der Waals surface area contributed by atoms with Gasteiger partial charge in [0.1, 0.15) is 12.4 Å². The zero-order valence-corrected chi connectivity index (χ0v) is 32.5. The second kappa shape index (κ2) is 34.1. The topological polar surface area (TPSA) is 19.7 Å². The summed E-state index contributed by atoms with van der Waals surface area (Å²) in [5, 5.41) is 0. The van der Waals surface area contributed by atoms with Gasteiger partial charge in [-0.1, -0.05) is 220 Å². The minimum Gasteiger partial charge on any atom is -0.247 e. The quantitative estimate of drug-likeness (QED) is 0.0550. The summed E-state index contributed by atoms with van der Waals surface area (Å²) in [6.07, 6.45) is 54.8. The molecule has 0 aliphatic heterocycles. The molecule has 0 radical (unpaired) electrons. The molecule has 1 rings (SSSR count). The Kier molecular flexibility index (Phi) is 32.0. The molecule has 0 aromatic carbocycles. The van der Waals surface area contributed by atoms with Gasteiger partial charge in [0, 0.05) is 0 Å². The maximum Gasteiger partial charge on any atom is 0.257 e. The fraction of sp³-hybridized carbons (Fsp3) is 0.932. The first-order valence-electron chi connectivity index (χ1n) is 21.8. The third-order valence-electron chi connectivity index (χ3n) is 11.0. The van der Waals surface area contributed by atoms with E-state index in [0.717, 1.165) is 0 Å². The number of unbranched alkanes of at least 4 members (excludes halogenated alkanes) is 30. The van der Waals surface area contributed by atoms with Crippen molar-refractivity contribution in [1.29, 1.82) is 0 Å². The number of rotatable bonds is 37. The summed E-state index contributed by atoms with van der Waals surface area (Å²) in [5.74, 6) is 2.18. The lowest BCUT2D eigenvalue weighted by Crippen LogP contribution is -2.41. The summed E-state index contributed by atoms with van der Waals surface area (Å²) in [6, 6.07) is 0.618. The van der Waals surface area contributed by atoms with Gasteiger partial charge in [-0.3, -0.25) is 0 Å². The molecule has 2 atom stereocenters. The van der Waals surface area contributed by atoms with E-state index in [-0.39, 0.29) is 0 Å². The first kappa shape index (κ1) is 43.2. The van der Waals surface area contributed by atoms with Crippen LogP contribution in [0, 0.1) is 0 Å².